The van der Waals surface area contributed by atoms with E-state index in [4.69, 9.17) is 4.74 Å². The van der Waals surface area contributed by atoms with Gasteiger partial charge in [-0.1, -0.05) is 25.1 Å². The van der Waals surface area contributed by atoms with E-state index >= 15 is 0 Å². The molecule has 1 heterocycles. The molecule has 3 aliphatic rings. The van der Waals surface area contributed by atoms with Crippen molar-refractivity contribution in [2.45, 2.75) is 32.3 Å². The number of benzene rings is 1. The zero-order chi connectivity index (χ0) is 16.9. The molecule has 4 rings (SSSR count). The number of hydrogen-bond acceptors (Lipinski definition) is 4. The van der Waals surface area contributed by atoms with Crippen LogP contribution in [0, 0.1) is 11.3 Å². The lowest BCUT2D eigenvalue weighted by Crippen LogP contribution is -2.60. The maximum absolute atomic E-state index is 12.4. The molecule has 126 valence electrons. The fourth-order valence-corrected chi connectivity index (χ4v) is 4.00. The number of urea groups is 1. The van der Waals surface area contributed by atoms with Gasteiger partial charge in [0.05, 0.1) is 0 Å². The molecule has 1 saturated heterocycles. The normalized spacial score (nSPS) is 31.4. The minimum Gasteiger partial charge on any atom is -0.460 e. The average Bonchev–Trinajstić information content (AvgIpc) is 2.86. The summed E-state index contributed by atoms with van der Waals surface area (Å²) in [6, 6.07) is 8.50. The summed E-state index contributed by atoms with van der Waals surface area (Å²) in [5, 5.41) is 0. The van der Waals surface area contributed by atoms with Crippen molar-refractivity contribution in [3.8, 4) is 0 Å². The Morgan fingerprint density at radius 1 is 1.29 bits per heavy atom. The van der Waals surface area contributed by atoms with Crippen molar-refractivity contribution in [3.63, 3.8) is 0 Å². The first kappa shape index (κ1) is 15.2. The Morgan fingerprint density at radius 3 is 2.62 bits per heavy atom. The first-order valence-corrected chi connectivity index (χ1v) is 8.35. The molecule has 0 radical (unpaired) electrons. The Balaban J connectivity index is 1.38. The van der Waals surface area contributed by atoms with E-state index in [2.05, 4.69) is 6.92 Å². The van der Waals surface area contributed by atoms with Gasteiger partial charge in [-0.25, -0.2) is 4.79 Å². The molecule has 3 fully saturated rings. The lowest BCUT2D eigenvalue weighted by Gasteiger charge is -2.61. The highest BCUT2D eigenvalue weighted by molar-refractivity contribution is 6.13. The van der Waals surface area contributed by atoms with Gasteiger partial charge in [0.25, 0.3) is 5.91 Å². The zero-order valence-electron chi connectivity index (χ0n) is 13.6. The van der Waals surface area contributed by atoms with E-state index in [-0.39, 0.29) is 30.5 Å². The van der Waals surface area contributed by atoms with E-state index in [0.717, 1.165) is 17.7 Å². The van der Waals surface area contributed by atoms with Gasteiger partial charge < -0.3 is 4.74 Å². The lowest BCUT2D eigenvalue weighted by atomic mass is 9.47. The second kappa shape index (κ2) is 5.33. The Labute approximate surface area is 140 Å². The Bertz CT molecular complexity index is 704. The number of nitrogens with zero attached hydrogens (tertiary/aromatic N) is 2. The number of para-hydroxylation sites is 1. The summed E-state index contributed by atoms with van der Waals surface area (Å²) >= 11 is 0. The number of imide groups is 1. The van der Waals surface area contributed by atoms with E-state index in [1.165, 1.54) is 11.3 Å². The number of esters is 1. The first-order valence-electron chi connectivity index (χ1n) is 8.35. The summed E-state index contributed by atoms with van der Waals surface area (Å²) < 4.78 is 5.52. The molecule has 0 N–H and O–H groups in total. The molecule has 0 aromatic heterocycles. The maximum atomic E-state index is 12.4. The van der Waals surface area contributed by atoms with Crippen LogP contribution in [0.25, 0.3) is 0 Å². The van der Waals surface area contributed by atoms with Crippen LogP contribution in [-0.4, -0.2) is 42.0 Å². The summed E-state index contributed by atoms with van der Waals surface area (Å²) in [5.41, 5.74) is 0.764. The molecule has 1 aromatic rings. The molecule has 1 aliphatic heterocycles. The van der Waals surface area contributed by atoms with Gasteiger partial charge >= 0.3 is 12.0 Å². The SMILES string of the molecule is CC12CCC1CC2OC(=O)CN1C(=O)CN(c2ccccc2)C1=O. The van der Waals surface area contributed by atoms with Crippen molar-refractivity contribution >= 4 is 23.6 Å². The van der Waals surface area contributed by atoms with Gasteiger partial charge in [-0.2, -0.15) is 0 Å². The number of amides is 3. The molecule has 24 heavy (non-hydrogen) atoms. The van der Waals surface area contributed by atoms with Gasteiger partial charge in [0.15, 0.2) is 0 Å². The Morgan fingerprint density at radius 2 is 2.04 bits per heavy atom. The second-order valence-electron chi connectivity index (χ2n) is 7.14. The molecule has 0 spiro atoms. The van der Waals surface area contributed by atoms with Gasteiger partial charge in [0, 0.05) is 11.1 Å². The highest BCUT2D eigenvalue weighted by Gasteiger charge is 2.59. The third-order valence-electron chi connectivity index (χ3n) is 5.88. The van der Waals surface area contributed by atoms with E-state index in [9.17, 15) is 14.4 Å². The Kier molecular flexibility index (Phi) is 3.37. The zero-order valence-corrected chi connectivity index (χ0v) is 13.6. The summed E-state index contributed by atoms with van der Waals surface area (Å²) in [7, 11) is 0. The van der Waals surface area contributed by atoms with E-state index < -0.39 is 12.0 Å². The molecular weight excluding hydrogens is 308 g/mol. The quantitative estimate of drug-likeness (QED) is 0.628. The number of carbonyl (C=O) groups is 3. The summed E-state index contributed by atoms with van der Waals surface area (Å²) in [5.74, 6) is -0.204. The molecule has 6 nitrogen and oxygen atoms in total. The molecule has 6 heteroatoms. The lowest BCUT2D eigenvalue weighted by molar-refractivity contribution is -0.208. The monoisotopic (exact) mass is 328 g/mol. The van der Waals surface area contributed by atoms with Crippen LogP contribution in [0.1, 0.15) is 26.2 Å². The van der Waals surface area contributed by atoms with E-state index in [1.54, 1.807) is 24.3 Å². The topological polar surface area (TPSA) is 66.9 Å². The van der Waals surface area contributed by atoms with Crippen LogP contribution in [0.15, 0.2) is 30.3 Å². The second-order valence-corrected chi connectivity index (χ2v) is 7.14. The number of carbonyl (C=O) groups excluding carboxylic acids is 3. The first-order chi connectivity index (χ1) is 11.5. The standard InChI is InChI=1S/C18H20N2O4/c1-18-8-7-12(18)9-14(18)24-16(22)11-20-15(21)10-19(17(20)23)13-5-3-2-4-6-13/h2-6,12,14H,7-11H2,1H3. The molecule has 0 bridgehead atoms. The minimum atomic E-state index is -0.497. The predicted octanol–water partition coefficient (Wildman–Crippen LogP) is 2.19. The van der Waals surface area contributed by atoms with E-state index in [1.807, 2.05) is 6.07 Å². The third-order valence-corrected chi connectivity index (χ3v) is 5.88. The number of fused-ring (bicyclic) bond motifs is 1. The van der Waals surface area contributed by atoms with Gasteiger partial charge in [0.2, 0.25) is 0 Å². The minimum absolute atomic E-state index is 0.0423. The van der Waals surface area contributed by atoms with Crippen LogP contribution in [0.4, 0.5) is 10.5 Å². The smallest absolute Gasteiger partial charge is 0.332 e. The summed E-state index contributed by atoms with van der Waals surface area (Å²) in [6.45, 7) is 1.80. The van der Waals surface area contributed by atoms with Gasteiger partial charge in [-0.05, 0) is 37.3 Å². The molecule has 3 atom stereocenters. The number of anilines is 1. The molecular formula is C18H20N2O4. The number of hydrogen-bond donors (Lipinski definition) is 0. The van der Waals surface area contributed by atoms with Crippen LogP contribution in [-0.2, 0) is 14.3 Å². The molecule has 2 saturated carbocycles. The fourth-order valence-electron chi connectivity index (χ4n) is 4.00. The van der Waals surface area contributed by atoms with Crippen LogP contribution in [0.3, 0.4) is 0 Å². The molecule has 1 aromatic carbocycles. The molecule has 3 unspecified atom stereocenters. The summed E-state index contributed by atoms with van der Waals surface area (Å²) in [6.07, 6.45) is 3.13. The highest BCUT2D eigenvalue weighted by Crippen LogP contribution is 2.61. The van der Waals surface area contributed by atoms with Crippen molar-refractivity contribution in [2.75, 3.05) is 18.0 Å². The predicted molar refractivity (Wildman–Crippen MR) is 86.2 cm³/mol. The summed E-state index contributed by atoms with van der Waals surface area (Å²) in [4.78, 5) is 39.1. The van der Waals surface area contributed by atoms with Crippen molar-refractivity contribution in [1.29, 1.82) is 0 Å². The van der Waals surface area contributed by atoms with E-state index in [0.29, 0.717) is 11.6 Å². The highest BCUT2D eigenvalue weighted by atomic mass is 16.5. The van der Waals surface area contributed by atoms with Crippen LogP contribution < -0.4 is 4.90 Å². The number of ether oxygens (including phenoxy) is 1. The van der Waals surface area contributed by atoms with Crippen molar-refractivity contribution < 1.29 is 19.1 Å². The van der Waals surface area contributed by atoms with Crippen LogP contribution in [0.2, 0.25) is 0 Å². The molecule has 2 aliphatic carbocycles. The third kappa shape index (κ3) is 2.20. The largest absolute Gasteiger partial charge is 0.460 e. The van der Waals surface area contributed by atoms with Gasteiger partial charge in [0.1, 0.15) is 19.2 Å². The van der Waals surface area contributed by atoms with Crippen LogP contribution in [0.5, 0.6) is 0 Å². The number of rotatable bonds is 4. The Hall–Kier alpha value is -2.37. The fraction of sp³-hybridized carbons (Fsp3) is 0.500. The van der Waals surface area contributed by atoms with Crippen molar-refractivity contribution in [2.24, 2.45) is 11.3 Å². The maximum Gasteiger partial charge on any atom is 0.332 e. The van der Waals surface area contributed by atoms with Crippen molar-refractivity contribution in [3.05, 3.63) is 30.3 Å². The van der Waals surface area contributed by atoms with Gasteiger partial charge in [-0.15, -0.1) is 0 Å². The van der Waals surface area contributed by atoms with Crippen LogP contribution >= 0.6 is 0 Å². The van der Waals surface area contributed by atoms with Gasteiger partial charge in [-0.3, -0.25) is 19.4 Å². The average molecular weight is 328 g/mol. The van der Waals surface area contributed by atoms with Crippen molar-refractivity contribution in [1.82, 2.24) is 4.90 Å². The molecule has 3 amide bonds.